The summed E-state index contributed by atoms with van der Waals surface area (Å²) in [5, 5.41) is 5.43. The average molecular weight is 321 g/mol. The molecule has 0 spiro atoms. The number of guanidine groups is 1. The van der Waals surface area contributed by atoms with Gasteiger partial charge in [0, 0.05) is 13.6 Å². The molecule has 1 unspecified atom stereocenters. The number of aliphatic imine (C=N–C) groups is 1. The molecular weight excluding hydrogens is 302 g/mol. The number of hydrogen-bond acceptors (Lipinski definition) is 2. The minimum Gasteiger partial charge on any atom is -0.489 e. The first kappa shape index (κ1) is 18.1. The minimum absolute atomic E-state index is 0.254. The first-order chi connectivity index (χ1) is 10.3. The molecule has 124 valence electrons. The van der Waals surface area contributed by atoms with Gasteiger partial charge in [-0.05, 0) is 31.2 Å². The first-order valence-corrected chi connectivity index (χ1v) is 6.73. The summed E-state index contributed by atoms with van der Waals surface area (Å²) in [6, 6.07) is 5.57. The summed E-state index contributed by atoms with van der Waals surface area (Å²) >= 11 is 0. The van der Waals surface area contributed by atoms with Crippen molar-refractivity contribution >= 4 is 5.96 Å². The van der Waals surface area contributed by atoms with Gasteiger partial charge in [-0.15, -0.1) is 0 Å². The highest BCUT2D eigenvalue weighted by Gasteiger charge is 2.26. The zero-order valence-electron chi connectivity index (χ0n) is 12.4. The maximum Gasteiger partial charge on any atom is 0.390 e. The molecule has 0 aliphatic carbocycles. The SMILES string of the molecule is CN=C(NCCC(F)(F)F)NCC(C)Oc1ccc(F)cc1. The monoisotopic (exact) mass is 321 g/mol. The van der Waals surface area contributed by atoms with Gasteiger partial charge in [-0.3, -0.25) is 4.99 Å². The van der Waals surface area contributed by atoms with Crippen molar-refractivity contribution in [2.24, 2.45) is 4.99 Å². The number of rotatable bonds is 6. The fraction of sp³-hybridized carbons (Fsp3) is 0.500. The third-order valence-electron chi connectivity index (χ3n) is 2.63. The van der Waals surface area contributed by atoms with E-state index in [1.165, 1.54) is 31.3 Å². The Hall–Kier alpha value is -1.99. The summed E-state index contributed by atoms with van der Waals surface area (Å²) < 4.78 is 54.4. The molecule has 0 aliphatic rings. The van der Waals surface area contributed by atoms with Gasteiger partial charge in [0.1, 0.15) is 17.7 Å². The molecule has 8 heteroatoms. The molecule has 0 amide bonds. The molecule has 0 aliphatic heterocycles. The summed E-state index contributed by atoms with van der Waals surface area (Å²) in [7, 11) is 1.47. The van der Waals surface area contributed by atoms with Gasteiger partial charge >= 0.3 is 6.18 Å². The molecule has 1 atom stereocenters. The molecule has 1 rings (SSSR count). The molecule has 0 bridgehead atoms. The lowest BCUT2D eigenvalue weighted by Gasteiger charge is -2.18. The van der Waals surface area contributed by atoms with Crippen molar-refractivity contribution in [1.82, 2.24) is 10.6 Å². The number of hydrogen-bond donors (Lipinski definition) is 2. The fourth-order valence-corrected chi connectivity index (χ4v) is 1.57. The van der Waals surface area contributed by atoms with E-state index in [0.29, 0.717) is 12.3 Å². The maximum absolute atomic E-state index is 12.8. The molecule has 1 aromatic rings. The maximum atomic E-state index is 12.8. The second-order valence-corrected chi connectivity index (χ2v) is 4.63. The lowest BCUT2D eigenvalue weighted by molar-refractivity contribution is -0.132. The molecular formula is C14H19F4N3O. The van der Waals surface area contributed by atoms with Crippen LogP contribution in [-0.2, 0) is 0 Å². The quantitative estimate of drug-likeness (QED) is 0.481. The van der Waals surface area contributed by atoms with E-state index in [1.807, 2.05) is 0 Å². The topological polar surface area (TPSA) is 45.7 Å². The standard InChI is InChI=1S/C14H19F4N3O/c1-10(22-12-5-3-11(15)4-6-12)9-21-13(19-2)20-8-7-14(16,17)18/h3-6,10H,7-9H2,1-2H3,(H2,19,20,21). The van der Waals surface area contributed by atoms with Crippen LogP contribution in [0.15, 0.2) is 29.3 Å². The third-order valence-corrected chi connectivity index (χ3v) is 2.63. The van der Waals surface area contributed by atoms with E-state index < -0.39 is 12.6 Å². The van der Waals surface area contributed by atoms with Gasteiger partial charge in [-0.25, -0.2) is 4.39 Å². The smallest absolute Gasteiger partial charge is 0.390 e. The second kappa shape index (κ2) is 8.45. The van der Waals surface area contributed by atoms with Crippen LogP contribution in [0.25, 0.3) is 0 Å². The van der Waals surface area contributed by atoms with Crippen molar-refractivity contribution in [3.63, 3.8) is 0 Å². The van der Waals surface area contributed by atoms with Crippen LogP contribution in [0.4, 0.5) is 17.6 Å². The zero-order valence-corrected chi connectivity index (χ0v) is 12.4. The van der Waals surface area contributed by atoms with Crippen LogP contribution in [0.2, 0.25) is 0 Å². The van der Waals surface area contributed by atoms with E-state index in [9.17, 15) is 17.6 Å². The molecule has 0 radical (unpaired) electrons. The van der Waals surface area contributed by atoms with Crippen molar-refractivity contribution in [3.05, 3.63) is 30.1 Å². The Morgan fingerprint density at radius 2 is 1.86 bits per heavy atom. The lowest BCUT2D eigenvalue weighted by Crippen LogP contribution is -2.42. The minimum atomic E-state index is -4.20. The summed E-state index contributed by atoms with van der Waals surface area (Å²) in [5.41, 5.74) is 0. The van der Waals surface area contributed by atoms with E-state index in [-0.39, 0.29) is 24.4 Å². The largest absolute Gasteiger partial charge is 0.489 e. The second-order valence-electron chi connectivity index (χ2n) is 4.63. The predicted molar refractivity (Wildman–Crippen MR) is 76.5 cm³/mol. The fourth-order valence-electron chi connectivity index (χ4n) is 1.57. The molecule has 4 nitrogen and oxygen atoms in total. The Labute approximate surface area is 126 Å². The van der Waals surface area contributed by atoms with E-state index in [0.717, 1.165) is 0 Å². The van der Waals surface area contributed by atoms with Gasteiger partial charge in [0.25, 0.3) is 0 Å². The van der Waals surface area contributed by atoms with E-state index >= 15 is 0 Å². The van der Waals surface area contributed by atoms with Crippen LogP contribution < -0.4 is 15.4 Å². The highest BCUT2D eigenvalue weighted by atomic mass is 19.4. The number of benzene rings is 1. The number of alkyl halides is 3. The van der Waals surface area contributed by atoms with Crippen molar-refractivity contribution < 1.29 is 22.3 Å². The molecule has 0 aromatic heterocycles. The molecule has 0 saturated heterocycles. The van der Waals surface area contributed by atoms with Gasteiger partial charge in [-0.1, -0.05) is 0 Å². The predicted octanol–water partition coefficient (Wildman–Crippen LogP) is 2.71. The summed E-state index contributed by atoms with van der Waals surface area (Å²) in [5.74, 6) is 0.418. The summed E-state index contributed by atoms with van der Waals surface area (Å²) in [6.45, 7) is 1.86. The normalized spacial score (nSPS) is 13.6. The zero-order chi connectivity index (χ0) is 16.6. The highest BCUT2D eigenvalue weighted by molar-refractivity contribution is 5.79. The Morgan fingerprint density at radius 1 is 1.23 bits per heavy atom. The molecule has 22 heavy (non-hydrogen) atoms. The Balaban J connectivity index is 2.31. The van der Waals surface area contributed by atoms with Crippen molar-refractivity contribution in [2.75, 3.05) is 20.1 Å². The van der Waals surface area contributed by atoms with Crippen LogP contribution in [-0.4, -0.2) is 38.4 Å². The number of nitrogens with zero attached hydrogens (tertiary/aromatic N) is 1. The summed E-state index contributed by atoms with van der Waals surface area (Å²) in [6.07, 6.45) is -5.41. The van der Waals surface area contributed by atoms with Gasteiger partial charge in [0.15, 0.2) is 5.96 Å². The highest BCUT2D eigenvalue weighted by Crippen LogP contribution is 2.18. The Bertz CT molecular complexity index is 474. The third kappa shape index (κ3) is 7.70. The first-order valence-electron chi connectivity index (χ1n) is 6.73. The van der Waals surface area contributed by atoms with Gasteiger partial charge < -0.3 is 15.4 Å². The van der Waals surface area contributed by atoms with Crippen molar-refractivity contribution in [3.8, 4) is 5.75 Å². The van der Waals surface area contributed by atoms with Crippen LogP contribution in [0.5, 0.6) is 5.75 Å². The van der Waals surface area contributed by atoms with Crippen molar-refractivity contribution in [2.45, 2.75) is 25.6 Å². The average Bonchev–Trinajstić information content (AvgIpc) is 2.44. The number of nitrogens with one attached hydrogen (secondary N) is 2. The molecule has 0 saturated carbocycles. The van der Waals surface area contributed by atoms with Gasteiger partial charge in [0.2, 0.25) is 0 Å². The van der Waals surface area contributed by atoms with Crippen LogP contribution in [0.1, 0.15) is 13.3 Å². The van der Waals surface area contributed by atoms with E-state index in [4.69, 9.17) is 4.74 Å². The molecule has 0 fully saturated rings. The number of halogens is 4. The molecule has 1 aromatic carbocycles. The van der Waals surface area contributed by atoms with E-state index in [1.54, 1.807) is 6.92 Å². The van der Waals surface area contributed by atoms with Gasteiger partial charge in [0.05, 0.1) is 13.0 Å². The van der Waals surface area contributed by atoms with E-state index in [2.05, 4.69) is 15.6 Å². The summed E-state index contributed by atoms with van der Waals surface area (Å²) in [4.78, 5) is 3.82. The molecule has 2 N–H and O–H groups in total. The van der Waals surface area contributed by atoms with Crippen LogP contribution in [0.3, 0.4) is 0 Å². The van der Waals surface area contributed by atoms with Gasteiger partial charge in [-0.2, -0.15) is 13.2 Å². The Kier molecular flexibility index (Phi) is 6.94. The number of ether oxygens (including phenoxy) is 1. The molecule has 0 heterocycles. The lowest BCUT2D eigenvalue weighted by atomic mass is 10.3. The van der Waals surface area contributed by atoms with Crippen LogP contribution >= 0.6 is 0 Å². The Morgan fingerprint density at radius 3 is 2.41 bits per heavy atom. The van der Waals surface area contributed by atoms with Crippen molar-refractivity contribution in [1.29, 1.82) is 0 Å². The van der Waals surface area contributed by atoms with Crippen LogP contribution in [0, 0.1) is 5.82 Å².